The maximum Gasteiger partial charge on any atom is 0.410 e. The van der Waals surface area contributed by atoms with E-state index in [1.165, 1.54) is 19.2 Å². The zero-order valence-corrected chi connectivity index (χ0v) is 20.3. The van der Waals surface area contributed by atoms with Crippen LogP contribution in [0.5, 0.6) is 17.2 Å². The quantitative estimate of drug-likeness (QED) is 0.562. The van der Waals surface area contributed by atoms with E-state index in [2.05, 4.69) is 0 Å². The molecule has 2 aliphatic heterocycles. The molecule has 2 heterocycles. The summed E-state index contributed by atoms with van der Waals surface area (Å²) in [4.78, 5) is 26.5. The number of piperidine rings is 1. The fourth-order valence-corrected chi connectivity index (χ4v) is 4.34. The first-order chi connectivity index (χ1) is 16.6. The Bertz CT molecular complexity index is 1100. The summed E-state index contributed by atoms with van der Waals surface area (Å²) in [5, 5.41) is 0. The van der Waals surface area contributed by atoms with Crippen LogP contribution < -0.4 is 14.2 Å². The molecule has 188 valence electrons. The van der Waals surface area contributed by atoms with E-state index in [0.717, 1.165) is 5.56 Å². The predicted molar refractivity (Wildman–Crippen MR) is 124 cm³/mol. The lowest BCUT2D eigenvalue weighted by molar-refractivity contribution is 0.0111. The van der Waals surface area contributed by atoms with E-state index in [4.69, 9.17) is 23.7 Å². The Kier molecular flexibility index (Phi) is 7.05. The molecule has 2 atom stereocenters. The van der Waals surface area contributed by atoms with Crippen LogP contribution in [0.15, 0.2) is 36.4 Å². The number of likely N-dealkylation sites (tertiary alicyclic amines) is 1. The van der Waals surface area contributed by atoms with Gasteiger partial charge in [0.05, 0.1) is 19.3 Å². The van der Waals surface area contributed by atoms with Crippen molar-refractivity contribution in [1.82, 2.24) is 4.90 Å². The van der Waals surface area contributed by atoms with Crippen LogP contribution in [-0.2, 0) is 9.47 Å². The molecule has 0 unspecified atom stereocenters. The van der Waals surface area contributed by atoms with Gasteiger partial charge in [-0.05, 0) is 62.9 Å². The molecule has 1 fully saturated rings. The Morgan fingerprint density at radius 3 is 2.63 bits per heavy atom. The van der Waals surface area contributed by atoms with E-state index in [0.29, 0.717) is 36.8 Å². The van der Waals surface area contributed by atoms with Crippen molar-refractivity contribution in [3.05, 3.63) is 53.3 Å². The fraction of sp³-hybridized carbons (Fsp3) is 0.462. The zero-order valence-electron chi connectivity index (χ0n) is 20.3. The number of ether oxygens (including phenoxy) is 5. The summed E-state index contributed by atoms with van der Waals surface area (Å²) in [6.45, 7) is 6.77. The molecule has 0 radical (unpaired) electrons. The van der Waals surface area contributed by atoms with Crippen molar-refractivity contribution in [2.45, 2.75) is 38.7 Å². The molecule has 2 aromatic rings. The number of hydrogen-bond donors (Lipinski definition) is 0. The number of halogens is 1. The van der Waals surface area contributed by atoms with E-state index < -0.39 is 23.5 Å². The lowest BCUT2D eigenvalue weighted by atomic mass is 9.80. The Labute approximate surface area is 203 Å². The van der Waals surface area contributed by atoms with Crippen molar-refractivity contribution in [2.24, 2.45) is 5.92 Å². The van der Waals surface area contributed by atoms with Gasteiger partial charge in [0.25, 0.3) is 0 Å². The third-order valence-corrected chi connectivity index (χ3v) is 6.02. The van der Waals surface area contributed by atoms with E-state index in [9.17, 15) is 14.0 Å². The highest BCUT2D eigenvalue weighted by atomic mass is 19.1. The predicted octanol–water partition coefficient (Wildman–Crippen LogP) is 4.76. The molecule has 1 amide bonds. The number of methoxy groups -OCH3 is 1. The van der Waals surface area contributed by atoms with Gasteiger partial charge in [-0.15, -0.1) is 0 Å². The monoisotopic (exact) mass is 487 g/mol. The standard InChI is InChI=1S/C26H30FNO7/c1-26(2,3)35-25(30)28-10-9-19(16-5-7-21(27)20(11-16)24(29)31-4)17(13-28)14-32-18-6-8-22-23(12-18)34-15-33-22/h5-8,11-12,17,19H,9-10,13-15H2,1-4H3/t17-,19+/m1/s1. The lowest BCUT2D eigenvalue weighted by Crippen LogP contribution is -2.46. The SMILES string of the molecule is COC(=O)c1cc([C@@H]2CCN(C(=O)OC(C)(C)C)C[C@@H]2COc2ccc3c(c2)OCO3)ccc1F. The first-order valence-corrected chi connectivity index (χ1v) is 11.5. The number of fused-ring (bicyclic) bond motifs is 1. The van der Waals surface area contributed by atoms with Gasteiger partial charge in [-0.3, -0.25) is 0 Å². The van der Waals surface area contributed by atoms with Crippen LogP contribution in [-0.4, -0.2) is 56.2 Å². The van der Waals surface area contributed by atoms with Gasteiger partial charge >= 0.3 is 12.1 Å². The molecular formula is C26H30FNO7. The molecule has 0 saturated carbocycles. The minimum absolute atomic E-state index is 0.0771. The summed E-state index contributed by atoms with van der Waals surface area (Å²) in [7, 11) is 1.22. The Balaban J connectivity index is 1.56. The summed E-state index contributed by atoms with van der Waals surface area (Å²) < 4.78 is 41.4. The second-order valence-electron chi connectivity index (χ2n) is 9.64. The number of rotatable bonds is 5. The highest BCUT2D eigenvalue weighted by molar-refractivity contribution is 5.89. The summed E-state index contributed by atoms with van der Waals surface area (Å²) in [6, 6.07) is 9.82. The van der Waals surface area contributed by atoms with Gasteiger partial charge < -0.3 is 28.6 Å². The molecule has 2 aromatic carbocycles. The number of carbonyl (C=O) groups is 2. The van der Waals surface area contributed by atoms with Crippen molar-refractivity contribution in [1.29, 1.82) is 0 Å². The smallest absolute Gasteiger partial charge is 0.410 e. The summed E-state index contributed by atoms with van der Waals surface area (Å²) in [5.74, 6) is 0.287. The first kappa shape index (κ1) is 24.6. The van der Waals surface area contributed by atoms with Gasteiger partial charge in [0.2, 0.25) is 6.79 Å². The average molecular weight is 488 g/mol. The zero-order chi connectivity index (χ0) is 25.2. The van der Waals surface area contributed by atoms with Gasteiger partial charge in [0.15, 0.2) is 11.5 Å². The van der Waals surface area contributed by atoms with Crippen molar-refractivity contribution in [3.8, 4) is 17.2 Å². The Morgan fingerprint density at radius 1 is 1.11 bits per heavy atom. The lowest BCUT2D eigenvalue weighted by Gasteiger charge is -2.39. The van der Waals surface area contributed by atoms with Gasteiger partial charge in [0.1, 0.15) is 17.2 Å². The summed E-state index contributed by atoms with van der Waals surface area (Å²) in [6.07, 6.45) is 0.207. The van der Waals surface area contributed by atoms with Crippen LogP contribution in [0, 0.1) is 11.7 Å². The van der Waals surface area contributed by atoms with Crippen LogP contribution in [0.4, 0.5) is 9.18 Å². The summed E-state index contributed by atoms with van der Waals surface area (Å²) in [5.41, 5.74) is 0.0589. The molecule has 1 saturated heterocycles. The molecule has 2 aliphatic rings. The van der Waals surface area contributed by atoms with Crippen LogP contribution in [0.25, 0.3) is 0 Å². The fourth-order valence-electron chi connectivity index (χ4n) is 4.34. The molecular weight excluding hydrogens is 457 g/mol. The topological polar surface area (TPSA) is 83.5 Å². The molecule has 4 rings (SSSR count). The molecule has 0 N–H and O–H groups in total. The normalized spacial score (nSPS) is 19.3. The van der Waals surface area contributed by atoms with Crippen molar-refractivity contribution in [3.63, 3.8) is 0 Å². The molecule has 9 heteroatoms. The third kappa shape index (κ3) is 5.78. The highest BCUT2D eigenvalue weighted by Gasteiger charge is 2.35. The van der Waals surface area contributed by atoms with Crippen LogP contribution in [0.3, 0.4) is 0 Å². The molecule has 0 aromatic heterocycles. The van der Waals surface area contributed by atoms with Crippen LogP contribution >= 0.6 is 0 Å². The van der Waals surface area contributed by atoms with Gasteiger partial charge in [-0.2, -0.15) is 0 Å². The largest absolute Gasteiger partial charge is 0.493 e. The Hall–Kier alpha value is -3.49. The van der Waals surface area contributed by atoms with Crippen molar-refractivity contribution < 1.29 is 37.7 Å². The number of hydrogen-bond acceptors (Lipinski definition) is 7. The van der Waals surface area contributed by atoms with Crippen molar-refractivity contribution >= 4 is 12.1 Å². The molecule has 8 nitrogen and oxygen atoms in total. The summed E-state index contributed by atoms with van der Waals surface area (Å²) >= 11 is 0. The van der Waals surface area contributed by atoms with Gasteiger partial charge in [-0.1, -0.05) is 6.07 Å². The number of nitrogens with zero attached hydrogens (tertiary/aromatic N) is 1. The van der Waals surface area contributed by atoms with E-state index in [-0.39, 0.29) is 30.8 Å². The first-order valence-electron chi connectivity index (χ1n) is 11.5. The van der Waals surface area contributed by atoms with E-state index in [1.807, 2.05) is 20.8 Å². The average Bonchev–Trinajstić information content (AvgIpc) is 3.29. The van der Waals surface area contributed by atoms with Crippen LogP contribution in [0.1, 0.15) is 49.0 Å². The molecule has 35 heavy (non-hydrogen) atoms. The maximum absolute atomic E-state index is 14.3. The Morgan fingerprint density at radius 2 is 1.89 bits per heavy atom. The van der Waals surface area contributed by atoms with Crippen molar-refractivity contribution in [2.75, 3.05) is 33.6 Å². The van der Waals surface area contributed by atoms with E-state index in [1.54, 1.807) is 29.2 Å². The highest BCUT2D eigenvalue weighted by Crippen LogP contribution is 2.38. The number of benzene rings is 2. The minimum atomic E-state index is -0.733. The number of amides is 1. The molecule has 0 spiro atoms. The van der Waals surface area contributed by atoms with Gasteiger partial charge in [0, 0.05) is 25.1 Å². The molecule has 0 aliphatic carbocycles. The van der Waals surface area contributed by atoms with Gasteiger partial charge in [-0.25, -0.2) is 14.0 Å². The van der Waals surface area contributed by atoms with E-state index >= 15 is 0 Å². The van der Waals surface area contributed by atoms with Crippen LogP contribution in [0.2, 0.25) is 0 Å². The second-order valence-corrected chi connectivity index (χ2v) is 9.64. The number of esters is 1. The maximum atomic E-state index is 14.3. The number of carbonyl (C=O) groups excluding carboxylic acids is 2. The third-order valence-electron chi connectivity index (χ3n) is 6.02. The second kappa shape index (κ2) is 10.0. The molecule has 0 bridgehead atoms. The minimum Gasteiger partial charge on any atom is -0.493 e.